The lowest BCUT2D eigenvalue weighted by Gasteiger charge is -2.22. The van der Waals surface area contributed by atoms with Crippen LogP contribution in [0.15, 0.2) is 36.7 Å². The molecule has 6 nitrogen and oxygen atoms in total. The Bertz CT molecular complexity index is 657. The van der Waals surface area contributed by atoms with E-state index in [9.17, 15) is 4.79 Å². The Morgan fingerprint density at radius 1 is 1.26 bits per heavy atom. The van der Waals surface area contributed by atoms with Gasteiger partial charge in [0.1, 0.15) is 0 Å². The van der Waals surface area contributed by atoms with E-state index in [-0.39, 0.29) is 5.91 Å². The first kappa shape index (κ1) is 15.6. The van der Waals surface area contributed by atoms with Crippen molar-refractivity contribution in [1.29, 1.82) is 0 Å². The van der Waals surface area contributed by atoms with E-state index < -0.39 is 0 Å². The van der Waals surface area contributed by atoms with Gasteiger partial charge in [-0.05, 0) is 37.1 Å². The Balaban J connectivity index is 1.64. The molecule has 1 fully saturated rings. The zero-order valence-electron chi connectivity index (χ0n) is 13.5. The number of rotatable bonds is 4. The highest BCUT2D eigenvalue weighted by atomic mass is 16.5. The lowest BCUT2D eigenvalue weighted by molar-refractivity contribution is 0.0662. The second kappa shape index (κ2) is 6.83. The molecule has 0 unspecified atom stereocenters. The van der Waals surface area contributed by atoms with E-state index in [1.807, 2.05) is 54.1 Å². The number of benzene rings is 1. The lowest BCUT2D eigenvalue weighted by atomic mass is 10.1. The summed E-state index contributed by atoms with van der Waals surface area (Å²) < 4.78 is 7.29. The molecule has 0 aliphatic carbocycles. The van der Waals surface area contributed by atoms with Gasteiger partial charge in [0.2, 0.25) is 0 Å². The molecule has 1 N–H and O–H groups in total. The molecule has 1 amide bonds. The van der Waals surface area contributed by atoms with Crippen molar-refractivity contribution >= 4 is 17.3 Å². The van der Waals surface area contributed by atoms with Crippen molar-refractivity contribution in [2.24, 2.45) is 0 Å². The summed E-state index contributed by atoms with van der Waals surface area (Å²) in [5.41, 5.74) is 2.42. The first-order valence-corrected chi connectivity index (χ1v) is 7.84. The summed E-state index contributed by atoms with van der Waals surface area (Å²) in [7, 11) is 3.94. The molecular formula is C17H22N4O2. The molecule has 0 atom stereocenters. The van der Waals surface area contributed by atoms with Gasteiger partial charge in [0.05, 0.1) is 17.9 Å². The standard InChI is InChI=1S/C17H22N4O2/c1-20(2)15-5-3-13(4-6-15)17(22)19-14-11-18-21(12-14)16-7-9-23-10-8-16/h3-6,11-12,16H,7-10H2,1-2H3,(H,19,22). The van der Waals surface area contributed by atoms with Crippen molar-refractivity contribution in [3.63, 3.8) is 0 Å². The summed E-state index contributed by atoms with van der Waals surface area (Å²) in [5, 5.41) is 7.26. The smallest absolute Gasteiger partial charge is 0.255 e. The van der Waals surface area contributed by atoms with Gasteiger partial charge < -0.3 is 15.0 Å². The Kier molecular flexibility index (Phi) is 4.62. The third-order valence-electron chi connectivity index (χ3n) is 4.07. The molecule has 0 radical (unpaired) electrons. The second-order valence-electron chi connectivity index (χ2n) is 5.95. The maximum absolute atomic E-state index is 12.3. The molecule has 1 aromatic heterocycles. The van der Waals surface area contributed by atoms with Gasteiger partial charge in [0, 0.05) is 44.8 Å². The summed E-state index contributed by atoms with van der Waals surface area (Å²) in [4.78, 5) is 14.3. The number of aromatic nitrogens is 2. The van der Waals surface area contributed by atoms with Crippen LogP contribution in [0.3, 0.4) is 0 Å². The summed E-state index contributed by atoms with van der Waals surface area (Å²) in [6, 6.07) is 7.87. The van der Waals surface area contributed by atoms with Crippen LogP contribution in [-0.2, 0) is 4.74 Å². The van der Waals surface area contributed by atoms with Crippen LogP contribution >= 0.6 is 0 Å². The quantitative estimate of drug-likeness (QED) is 0.942. The summed E-state index contributed by atoms with van der Waals surface area (Å²) in [5.74, 6) is -0.123. The number of carbonyl (C=O) groups excluding carboxylic acids is 1. The fourth-order valence-corrected chi connectivity index (χ4v) is 2.67. The highest BCUT2D eigenvalue weighted by molar-refractivity contribution is 6.04. The van der Waals surface area contributed by atoms with Crippen LogP contribution in [0.25, 0.3) is 0 Å². The van der Waals surface area contributed by atoms with Crippen molar-refractivity contribution in [2.45, 2.75) is 18.9 Å². The minimum absolute atomic E-state index is 0.123. The molecule has 122 valence electrons. The van der Waals surface area contributed by atoms with E-state index in [1.165, 1.54) is 0 Å². The zero-order chi connectivity index (χ0) is 16.2. The van der Waals surface area contributed by atoms with Crippen LogP contribution in [0.2, 0.25) is 0 Å². The Morgan fingerprint density at radius 3 is 2.61 bits per heavy atom. The molecule has 23 heavy (non-hydrogen) atoms. The number of hydrogen-bond donors (Lipinski definition) is 1. The summed E-state index contributed by atoms with van der Waals surface area (Å²) in [6.07, 6.45) is 5.51. The normalized spacial score (nSPS) is 15.4. The Hall–Kier alpha value is -2.34. The molecule has 1 aliphatic rings. The maximum Gasteiger partial charge on any atom is 0.255 e. The molecule has 0 bridgehead atoms. The number of nitrogens with one attached hydrogen (secondary N) is 1. The molecule has 3 rings (SSSR count). The number of ether oxygens (including phenoxy) is 1. The number of carbonyl (C=O) groups is 1. The molecule has 1 aromatic carbocycles. The predicted octanol–water partition coefficient (Wildman–Crippen LogP) is 2.55. The molecule has 0 saturated carbocycles. The van der Waals surface area contributed by atoms with Gasteiger partial charge >= 0.3 is 0 Å². The van der Waals surface area contributed by atoms with E-state index in [1.54, 1.807) is 6.20 Å². The minimum Gasteiger partial charge on any atom is -0.381 e. The fraction of sp³-hybridized carbons (Fsp3) is 0.412. The summed E-state index contributed by atoms with van der Waals surface area (Å²) >= 11 is 0. The number of hydrogen-bond acceptors (Lipinski definition) is 4. The van der Waals surface area contributed by atoms with Gasteiger partial charge in [-0.25, -0.2) is 0 Å². The molecule has 6 heteroatoms. The van der Waals surface area contributed by atoms with Gasteiger partial charge in [-0.15, -0.1) is 0 Å². The van der Waals surface area contributed by atoms with Crippen LogP contribution < -0.4 is 10.2 Å². The minimum atomic E-state index is -0.123. The van der Waals surface area contributed by atoms with Crippen molar-refractivity contribution in [3.05, 3.63) is 42.2 Å². The largest absolute Gasteiger partial charge is 0.381 e. The van der Waals surface area contributed by atoms with Crippen LogP contribution in [-0.4, -0.2) is 43.0 Å². The monoisotopic (exact) mass is 314 g/mol. The van der Waals surface area contributed by atoms with Crippen molar-refractivity contribution in [3.8, 4) is 0 Å². The van der Waals surface area contributed by atoms with Gasteiger partial charge in [0.25, 0.3) is 5.91 Å². The molecular weight excluding hydrogens is 292 g/mol. The first-order valence-electron chi connectivity index (χ1n) is 7.84. The molecule has 1 aliphatic heterocycles. The van der Waals surface area contributed by atoms with Gasteiger partial charge in [-0.2, -0.15) is 5.10 Å². The Morgan fingerprint density at radius 2 is 1.96 bits per heavy atom. The van der Waals surface area contributed by atoms with Gasteiger partial charge in [0.15, 0.2) is 0 Å². The highest BCUT2D eigenvalue weighted by Crippen LogP contribution is 2.21. The van der Waals surface area contributed by atoms with Crippen LogP contribution in [0.1, 0.15) is 29.2 Å². The number of nitrogens with zero attached hydrogens (tertiary/aromatic N) is 3. The van der Waals surface area contributed by atoms with Crippen LogP contribution in [0.5, 0.6) is 0 Å². The van der Waals surface area contributed by atoms with E-state index in [2.05, 4.69) is 10.4 Å². The Labute approximate surface area is 136 Å². The van der Waals surface area contributed by atoms with E-state index >= 15 is 0 Å². The highest BCUT2D eigenvalue weighted by Gasteiger charge is 2.17. The maximum atomic E-state index is 12.3. The molecule has 2 heterocycles. The third kappa shape index (κ3) is 3.71. The van der Waals surface area contributed by atoms with Crippen LogP contribution in [0.4, 0.5) is 11.4 Å². The second-order valence-corrected chi connectivity index (χ2v) is 5.95. The topological polar surface area (TPSA) is 59.4 Å². The van der Waals surface area contributed by atoms with Crippen molar-refractivity contribution < 1.29 is 9.53 Å². The zero-order valence-corrected chi connectivity index (χ0v) is 13.5. The molecule has 0 spiro atoms. The number of anilines is 2. The lowest BCUT2D eigenvalue weighted by Crippen LogP contribution is -2.19. The van der Waals surface area contributed by atoms with E-state index in [0.29, 0.717) is 11.6 Å². The predicted molar refractivity (Wildman–Crippen MR) is 90.0 cm³/mol. The SMILES string of the molecule is CN(C)c1ccc(C(=O)Nc2cnn(C3CCOCC3)c2)cc1. The first-order chi connectivity index (χ1) is 11.1. The summed E-state index contributed by atoms with van der Waals surface area (Å²) in [6.45, 7) is 1.54. The third-order valence-corrected chi connectivity index (χ3v) is 4.07. The average molecular weight is 314 g/mol. The van der Waals surface area contributed by atoms with Gasteiger partial charge in [-0.3, -0.25) is 9.48 Å². The fourth-order valence-electron chi connectivity index (χ4n) is 2.67. The molecule has 1 saturated heterocycles. The van der Waals surface area contributed by atoms with Crippen molar-refractivity contribution in [1.82, 2.24) is 9.78 Å². The van der Waals surface area contributed by atoms with E-state index in [4.69, 9.17) is 4.74 Å². The van der Waals surface area contributed by atoms with Crippen molar-refractivity contribution in [2.75, 3.05) is 37.5 Å². The number of amides is 1. The van der Waals surface area contributed by atoms with Gasteiger partial charge in [-0.1, -0.05) is 0 Å². The average Bonchev–Trinajstić information content (AvgIpc) is 3.04. The van der Waals surface area contributed by atoms with E-state index in [0.717, 1.165) is 37.4 Å². The van der Waals surface area contributed by atoms with Crippen LogP contribution in [0, 0.1) is 0 Å². The molecule has 2 aromatic rings.